The SMILES string of the molecule is COc1cccc(CCS(=O)(=O)NCC(C)(C)N(C)C)c1. The first-order valence-corrected chi connectivity index (χ1v) is 8.59. The number of aryl methyl sites for hydroxylation is 1. The number of nitrogens with one attached hydrogen (secondary N) is 1. The van der Waals surface area contributed by atoms with Crippen molar-refractivity contribution in [2.45, 2.75) is 25.8 Å². The maximum absolute atomic E-state index is 12.1. The summed E-state index contributed by atoms with van der Waals surface area (Å²) in [4.78, 5) is 2.00. The summed E-state index contributed by atoms with van der Waals surface area (Å²) in [7, 11) is 2.18. The summed E-state index contributed by atoms with van der Waals surface area (Å²) in [6.07, 6.45) is 0.467. The Morgan fingerprint density at radius 1 is 1.29 bits per heavy atom. The summed E-state index contributed by atoms with van der Waals surface area (Å²) in [6, 6.07) is 7.47. The summed E-state index contributed by atoms with van der Waals surface area (Å²) in [5.74, 6) is 0.815. The third-order valence-electron chi connectivity index (χ3n) is 3.73. The molecule has 0 aromatic heterocycles. The number of nitrogens with zero attached hydrogens (tertiary/aromatic N) is 1. The van der Waals surface area contributed by atoms with Crippen molar-refractivity contribution >= 4 is 10.0 Å². The second-order valence-corrected chi connectivity index (χ2v) is 7.87. The van der Waals surface area contributed by atoms with Crippen LogP contribution < -0.4 is 9.46 Å². The minimum absolute atomic E-state index is 0.0731. The fraction of sp³-hybridized carbons (Fsp3) is 0.600. The molecule has 0 amide bonds. The van der Waals surface area contributed by atoms with Crippen LogP contribution in [-0.4, -0.2) is 52.4 Å². The van der Waals surface area contributed by atoms with Gasteiger partial charge in [0.15, 0.2) is 0 Å². The Bertz CT molecular complexity index is 554. The summed E-state index contributed by atoms with van der Waals surface area (Å²) in [6.45, 7) is 4.38. The van der Waals surface area contributed by atoms with Crippen LogP contribution in [0.3, 0.4) is 0 Å². The second-order valence-electron chi connectivity index (χ2n) is 5.95. The van der Waals surface area contributed by atoms with Crippen molar-refractivity contribution in [3.8, 4) is 5.75 Å². The van der Waals surface area contributed by atoms with Gasteiger partial charge in [0.25, 0.3) is 0 Å². The average Bonchev–Trinajstić information content (AvgIpc) is 2.43. The van der Waals surface area contributed by atoms with Crippen molar-refractivity contribution in [1.82, 2.24) is 9.62 Å². The molecule has 5 nitrogen and oxygen atoms in total. The van der Waals surface area contributed by atoms with Crippen molar-refractivity contribution in [1.29, 1.82) is 0 Å². The van der Waals surface area contributed by atoms with Gasteiger partial charge in [-0.25, -0.2) is 13.1 Å². The number of hydrogen-bond acceptors (Lipinski definition) is 4. The lowest BCUT2D eigenvalue weighted by molar-refractivity contribution is 0.199. The molecule has 0 unspecified atom stereocenters. The quantitative estimate of drug-likeness (QED) is 0.790. The molecule has 1 aromatic carbocycles. The molecule has 0 atom stereocenters. The maximum atomic E-state index is 12.1. The molecule has 0 aliphatic carbocycles. The number of benzene rings is 1. The third kappa shape index (κ3) is 6.03. The Morgan fingerprint density at radius 2 is 1.95 bits per heavy atom. The zero-order valence-corrected chi connectivity index (χ0v) is 14.3. The molecule has 21 heavy (non-hydrogen) atoms. The maximum Gasteiger partial charge on any atom is 0.211 e. The summed E-state index contributed by atoms with van der Waals surface area (Å²) >= 11 is 0. The van der Waals surface area contributed by atoms with Gasteiger partial charge in [0.1, 0.15) is 5.75 Å². The Hall–Kier alpha value is -1.11. The molecule has 6 heteroatoms. The lowest BCUT2D eigenvalue weighted by Crippen LogP contribution is -2.48. The molecule has 1 N–H and O–H groups in total. The molecule has 0 bridgehead atoms. The molecule has 0 radical (unpaired) electrons. The molecular formula is C15H26N2O3S. The molecular weight excluding hydrogens is 288 g/mol. The first-order valence-electron chi connectivity index (χ1n) is 6.94. The van der Waals surface area contributed by atoms with Crippen molar-refractivity contribution < 1.29 is 13.2 Å². The van der Waals surface area contributed by atoms with E-state index in [0.717, 1.165) is 11.3 Å². The zero-order valence-electron chi connectivity index (χ0n) is 13.5. The van der Waals surface area contributed by atoms with Gasteiger partial charge in [-0.3, -0.25) is 0 Å². The Kier molecular flexibility index (Phi) is 6.19. The largest absolute Gasteiger partial charge is 0.497 e. The van der Waals surface area contributed by atoms with E-state index in [1.54, 1.807) is 7.11 Å². The smallest absolute Gasteiger partial charge is 0.211 e. The Morgan fingerprint density at radius 3 is 2.52 bits per heavy atom. The molecule has 0 heterocycles. The standard InChI is InChI=1S/C15H26N2O3S/c1-15(2,17(3)4)12-16-21(18,19)10-9-13-7-6-8-14(11-13)20-5/h6-8,11,16H,9-10,12H2,1-5H3. The van der Waals surface area contributed by atoms with E-state index in [-0.39, 0.29) is 11.3 Å². The first-order chi connectivity index (χ1) is 9.66. The predicted molar refractivity (Wildman–Crippen MR) is 86.3 cm³/mol. The van der Waals surface area contributed by atoms with Gasteiger partial charge in [-0.1, -0.05) is 12.1 Å². The van der Waals surface area contributed by atoms with E-state index in [1.165, 1.54) is 0 Å². The highest BCUT2D eigenvalue weighted by atomic mass is 32.2. The van der Waals surface area contributed by atoms with Gasteiger partial charge in [-0.05, 0) is 52.1 Å². The number of likely N-dealkylation sites (N-methyl/N-ethyl adjacent to an activating group) is 1. The Balaban J connectivity index is 2.57. The topological polar surface area (TPSA) is 58.6 Å². The second kappa shape index (κ2) is 7.24. The van der Waals surface area contributed by atoms with Crippen LogP contribution in [0.15, 0.2) is 24.3 Å². The fourth-order valence-corrected chi connectivity index (χ4v) is 2.82. The highest BCUT2D eigenvalue weighted by Gasteiger charge is 2.23. The van der Waals surface area contributed by atoms with Gasteiger partial charge in [0.05, 0.1) is 12.9 Å². The van der Waals surface area contributed by atoms with Gasteiger partial charge >= 0.3 is 0 Å². The van der Waals surface area contributed by atoms with Gasteiger partial charge in [-0.15, -0.1) is 0 Å². The average molecular weight is 314 g/mol. The van der Waals surface area contributed by atoms with Crippen LogP contribution in [0.2, 0.25) is 0 Å². The van der Waals surface area contributed by atoms with Gasteiger partial charge < -0.3 is 9.64 Å². The van der Waals surface area contributed by atoms with Gasteiger partial charge in [0, 0.05) is 12.1 Å². The van der Waals surface area contributed by atoms with Crippen LogP contribution in [0.5, 0.6) is 5.75 Å². The van der Waals surface area contributed by atoms with E-state index in [9.17, 15) is 8.42 Å². The van der Waals surface area contributed by atoms with Crippen molar-refractivity contribution in [3.63, 3.8) is 0 Å². The van der Waals surface area contributed by atoms with Crippen molar-refractivity contribution in [3.05, 3.63) is 29.8 Å². The Labute approximate surface area is 128 Å². The van der Waals surface area contributed by atoms with Crippen LogP contribution in [0.1, 0.15) is 19.4 Å². The number of hydrogen-bond donors (Lipinski definition) is 1. The molecule has 0 fully saturated rings. The van der Waals surface area contributed by atoms with Crippen LogP contribution >= 0.6 is 0 Å². The number of rotatable bonds is 8. The first kappa shape index (κ1) is 17.9. The lowest BCUT2D eigenvalue weighted by atomic mass is 10.1. The highest BCUT2D eigenvalue weighted by Crippen LogP contribution is 2.13. The van der Waals surface area contributed by atoms with E-state index in [2.05, 4.69) is 4.72 Å². The number of sulfonamides is 1. The van der Waals surface area contributed by atoms with Crippen molar-refractivity contribution in [2.75, 3.05) is 33.5 Å². The van der Waals surface area contributed by atoms with E-state index >= 15 is 0 Å². The molecule has 0 aliphatic heterocycles. The number of ether oxygens (including phenoxy) is 1. The van der Waals surface area contributed by atoms with Crippen molar-refractivity contribution in [2.24, 2.45) is 0 Å². The van der Waals surface area contributed by atoms with E-state index in [4.69, 9.17) is 4.74 Å². The predicted octanol–water partition coefficient (Wildman–Crippen LogP) is 1.50. The molecule has 1 aromatic rings. The van der Waals surface area contributed by atoms with Gasteiger partial charge in [0.2, 0.25) is 10.0 Å². The molecule has 0 spiro atoms. The fourth-order valence-electron chi connectivity index (χ4n) is 1.60. The number of methoxy groups -OCH3 is 1. The summed E-state index contributed by atoms with van der Waals surface area (Å²) in [5.41, 5.74) is 0.731. The zero-order chi connectivity index (χ0) is 16.1. The normalized spacial score (nSPS) is 12.7. The van der Waals surface area contributed by atoms with E-state index < -0.39 is 10.0 Å². The molecule has 120 valence electrons. The monoisotopic (exact) mass is 314 g/mol. The lowest BCUT2D eigenvalue weighted by Gasteiger charge is -2.32. The summed E-state index contributed by atoms with van der Waals surface area (Å²) in [5, 5.41) is 0. The van der Waals surface area contributed by atoms with Crippen LogP contribution in [-0.2, 0) is 16.4 Å². The molecule has 1 rings (SSSR count). The van der Waals surface area contributed by atoms with E-state index in [0.29, 0.717) is 13.0 Å². The molecule has 0 saturated carbocycles. The van der Waals surface area contributed by atoms with Crippen LogP contribution in [0.25, 0.3) is 0 Å². The highest BCUT2D eigenvalue weighted by molar-refractivity contribution is 7.89. The van der Waals surface area contributed by atoms with Gasteiger partial charge in [-0.2, -0.15) is 0 Å². The minimum atomic E-state index is -3.28. The van der Waals surface area contributed by atoms with E-state index in [1.807, 2.05) is 57.1 Å². The minimum Gasteiger partial charge on any atom is -0.497 e. The van der Waals surface area contributed by atoms with Crippen LogP contribution in [0, 0.1) is 0 Å². The van der Waals surface area contributed by atoms with Crippen LogP contribution in [0.4, 0.5) is 0 Å². The summed E-state index contributed by atoms with van der Waals surface area (Å²) < 4.78 is 31.9. The molecule has 0 aliphatic rings. The molecule has 0 saturated heterocycles. The third-order valence-corrected chi connectivity index (χ3v) is 5.05.